The van der Waals surface area contributed by atoms with E-state index >= 15 is 0 Å². The molecule has 94 valence electrons. The molecule has 0 heterocycles. The predicted octanol–water partition coefficient (Wildman–Crippen LogP) is 3.50. The van der Waals surface area contributed by atoms with Crippen molar-refractivity contribution in [3.63, 3.8) is 0 Å². The first-order chi connectivity index (χ1) is 7.78. The number of benzene rings is 1. The van der Waals surface area contributed by atoms with Crippen LogP contribution >= 0.6 is 11.6 Å². The van der Waals surface area contributed by atoms with Gasteiger partial charge in [0.05, 0.1) is 0 Å². The molecule has 0 aliphatic rings. The van der Waals surface area contributed by atoms with Crippen LogP contribution in [0.15, 0.2) is 18.2 Å². The Balaban J connectivity index is 2.53. The Morgan fingerprint density at radius 2 is 2.12 bits per heavy atom. The number of hydrogen-bond acceptors (Lipinski definition) is 2. The number of carbonyl (C=O) groups is 1. The van der Waals surface area contributed by atoms with Crippen molar-refractivity contribution in [3.8, 4) is 0 Å². The molecule has 1 N–H and O–H groups in total. The summed E-state index contributed by atoms with van der Waals surface area (Å²) in [7, 11) is 0. The lowest BCUT2D eigenvalue weighted by atomic mass is 10.2. The van der Waals surface area contributed by atoms with Gasteiger partial charge in [-0.3, -0.25) is 0 Å². The van der Waals surface area contributed by atoms with Crippen molar-refractivity contribution in [2.45, 2.75) is 32.9 Å². The summed E-state index contributed by atoms with van der Waals surface area (Å²) in [4.78, 5) is 11.4. The van der Waals surface area contributed by atoms with E-state index in [1.807, 2.05) is 0 Å². The van der Waals surface area contributed by atoms with E-state index in [2.05, 4.69) is 5.32 Å². The summed E-state index contributed by atoms with van der Waals surface area (Å²) in [5, 5.41) is 2.83. The normalized spacial score (nSPS) is 11.1. The SMILES string of the molecule is CC(C)(C)OC(=O)NCc1ccc(F)cc1Cl. The van der Waals surface area contributed by atoms with Crippen LogP contribution in [-0.2, 0) is 11.3 Å². The van der Waals surface area contributed by atoms with Crippen molar-refractivity contribution < 1.29 is 13.9 Å². The van der Waals surface area contributed by atoms with Gasteiger partial charge in [0.15, 0.2) is 0 Å². The fourth-order valence-electron chi connectivity index (χ4n) is 1.15. The van der Waals surface area contributed by atoms with E-state index in [1.165, 1.54) is 18.2 Å². The quantitative estimate of drug-likeness (QED) is 0.883. The Morgan fingerprint density at radius 1 is 1.47 bits per heavy atom. The maximum atomic E-state index is 12.8. The van der Waals surface area contributed by atoms with Crippen LogP contribution in [0.2, 0.25) is 5.02 Å². The molecule has 1 aromatic rings. The highest BCUT2D eigenvalue weighted by Gasteiger charge is 2.15. The smallest absolute Gasteiger partial charge is 0.407 e. The maximum Gasteiger partial charge on any atom is 0.407 e. The molecule has 3 nitrogen and oxygen atoms in total. The van der Waals surface area contributed by atoms with Crippen molar-refractivity contribution in [2.24, 2.45) is 0 Å². The van der Waals surface area contributed by atoms with Gasteiger partial charge in [-0.15, -0.1) is 0 Å². The van der Waals surface area contributed by atoms with Gasteiger partial charge in [0.1, 0.15) is 11.4 Å². The molecule has 0 spiro atoms. The third kappa shape index (κ3) is 5.04. The largest absolute Gasteiger partial charge is 0.444 e. The van der Waals surface area contributed by atoms with Gasteiger partial charge >= 0.3 is 6.09 Å². The molecular weight excluding hydrogens is 245 g/mol. The minimum absolute atomic E-state index is 0.202. The zero-order chi connectivity index (χ0) is 13.1. The first-order valence-electron chi connectivity index (χ1n) is 5.19. The van der Waals surface area contributed by atoms with Gasteiger partial charge in [-0.05, 0) is 38.5 Å². The van der Waals surface area contributed by atoms with Gasteiger partial charge in [-0.1, -0.05) is 17.7 Å². The van der Waals surface area contributed by atoms with Crippen molar-refractivity contribution in [3.05, 3.63) is 34.6 Å². The molecule has 0 atom stereocenters. The second-order valence-electron chi connectivity index (χ2n) is 4.59. The topological polar surface area (TPSA) is 38.3 Å². The van der Waals surface area contributed by atoms with E-state index in [0.717, 1.165) is 0 Å². The van der Waals surface area contributed by atoms with E-state index < -0.39 is 17.5 Å². The van der Waals surface area contributed by atoms with Gasteiger partial charge in [-0.2, -0.15) is 0 Å². The molecule has 0 aliphatic carbocycles. The van der Waals surface area contributed by atoms with Gasteiger partial charge in [0, 0.05) is 11.6 Å². The first-order valence-corrected chi connectivity index (χ1v) is 5.56. The average molecular weight is 260 g/mol. The van der Waals surface area contributed by atoms with Crippen molar-refractivity contribution in [2.75, 3.05) is 0 Å². The van der Waals surface area contributed by atoms with Crippen LogP contribution in [0.4, 0.5) is 9.18 Å². The summed E-state index contributed by atoms with van der Waals surface area (Å²) in [5.74, 6) is -0.406. The van der Waals surface area contributed by atoms with E-state index in [9.17, 15) is 9.18 Å². The van der Waals surface area contributed by atoms with E-state index in [0.29, 0.717) is 5.56 Å². The van der Waals surface area contributed by atoms with Crippen molar-refractivity contribution in [1.29, 1.82) is 0 Å². The Bertz CT molecular complexity index is 415. The summed E-state index contributed by atoms with van der Waals surface area (Å²) in [6.07, 6.45) is -0.530. The summed E-state index contributed by atoms with van der Waals surface area (Å²) < 4.78 is 17.8. The number of rotatable bonds is 2. The summed E-state index contributed by atoms with van der Waals surface area (Å²) >= 11 is 5.81. The van der Waals surface area contributed by atoms with Crippen LogP contribution in [0.3, 0.4) is 0 Å². The summed E-state index contributed by atoms with van der Waals surface area (Å²) in [6.45, 7) is 5.53. The Morgan fingerprint density at radius 3 is 2.65 bits per heavy atom. The fraction of sp³-hybridized carbons (Fsp3) is 0.417. The molecule has 0 saturated heterocycles. The van der Waals surface area contributed by atoms with Crippen LogP contribution in [0.1, 0.15) is 26.3 Å². The Hall–Kier alpha value is -1.29. The molecule has 17 heavy (non-hydrogen) atoms. The number of hydrogen-bond donors (Lipinski definition) is 1. The van der Waals surface area contributed by atoms with Crippen molar-refractivity contribution >= 4 is 17.7 Å². The molecule has 0 saturated carbocycles. The molecule has 5 heteroatoms. The van der Waals surface area contributed by atoms with E-state index in [-0.39, 0.29) is 11.6 Å². The predicted molar refractivity (Wildman–Crippen MR) is 64.5 cm³/mol. The third-order valence-corrected chi connectivity index (χ3v) is 2.19. The van der Waals surface area contributed by atoms with Crippen LogP contribution in [0, 0.1) is 5.82 Å². The highest BCUT2D eigenvalue weighted by Crippen LogP contribution is 2.17. The number of amides is 1. The first kappa shape index (κ1) is 13.8. The van der Waals surface area contributed by atoms with Crippen molar-refractivity contribution in [1.82, 2.24) is 5.32 Å². The molecule has 0 bridgehead atoms. The monoisotopic (exact) mass is 259 g/mol. The van der Waals surface area contributed by atoms with Gasteiger partial charge in [0.25, 0.3) is 0 Å². The maximum absolute atomic E-state index is 12.8. The minimum atomic E-state index is -0.545. The number of halogens is 2. The van der Waals surface area contributed by atoms with Gasteiger partial charge in [0.2, 0.25) is 0 Å². The van der Waals surface area contributed by atoms with Gasteiger partial charge < -0.3 is 10.1 Å². The number of carbonyl (C=O) groups excluding carboxylic acids is 1. The molecule has 0 aromatic heterocycles. The zero-order valence-electron chi connectivity index (χ0n) is 10.0. The Kier molecular flexibility index (Phi) is 4.34. The second kappa shape index (κ2) is 5.36. The lowest BCUT2D eigenvalue weighted by Crippen LogP contribution is -2.32. The minimum Gasteiger partial charge on any atom is -0.444 e. The fourth-order valence-corrected chi connectivity index (χ4v) is 1.38. The zero-order valence-corrected chi connectivity index (χ0v) is 10.8. The molecular formula is C12H15ClFNO2. The Labute approximate surface area is 105 Å². The number of alkyl carbamates (subject to hydrolysis) is 1. The van der Waals surface area contributed by atoms with E-state index in [4.69, 9.17) is 16.3 Å². The highest BCUT2D eigenvalue weighted by molar-refractivity contribution is 6.31. The average Bonchev–Trinajstić information content (AvgIpc) is 2.13. The highest BCUT2D eigenvalue weighted by atomic mass is 35.5. The number of ether oxygens (including phenoxy) is 1. The molecule has 1 rings (SSSR count). The van der Waals surface area contributed by atoms with Crippen LogP contribution in [0.5, 0.6) is 0 Å². The summed E-state index contributed by atoms with van der Waals surface area (Å²) in [5.41, 5.74) is 0.0929. The molecule has 1 amide bonds. The number of nitrogens with one attached hydrogen (secondary N) is 1. The summed E-state index contributed by atoms with van der Waals surface area (Å²) in [6, 6.07) is 4.01. The molecule has 0 aliphatic heterocycles. The molecule has 0 radical (unpaired) electrons. The van der Waals surface area contributed by atoms with Gasteiger partial charge in [-0.25, -0.2) is 9.18 Å². The lowest BCUT2D eigenvalue weighted by molar-refractivity contribution is 0.0523. The molecule has 1 aromatic carbocycles. The standard InChI is InChI=1S/C12H15ClFNO2/c1-12(2,3)17-11(16)15-7-8-4-5-9(14)6-10(8)13/h4-6H,7H2,1-3H3,(H,15,16). The van der Waals surface area contributed by atoms with Crippen LogP contribution < -0.4 is 5.32 Å². The van der Waals surface area contributed by atoms with Crippen LogP contribution in [0.25, 0.3) is 0 Å². The van der Waals surface area contributed by atoms with Crippen LogP contribution in [-0.4, -0.2) is 11.7 Å². The molecule has 0 fully saturated rings. The lowest BCUT2D eigenvalue weighted by Gasteiger charge is -2.19. The van der Waals surface area contributed by atoms with E-state index in [1.54, 1.807) is 20.8 Å². The second-order valence-corrected chi connectivity index (χ2v) is 5.00. The third-order valence-electron chi connectivity index (χ3n) is 1.84. The molecule has 0 unspecified atom stereocenters.